The molecule has 1 aromatic rings. The van der Waals surface area contributed by atoms with E-state index < -0.39 is 12.1 Å². The van der Waals surface area contributed by atoms with Gasteiger partial charge in [-0.3, -0.25) is 0 Å². The second kappa shape index (κ2) is 3.52. The number of nitrogens with two attached hydrogens (primary N) is 2. The Bertz CT molecular complexity index is 355. The molecule has 1 heterocycles. The number of nitrogen functional groups attached to an aromatic ring is 2. The van der Waals surface area contributed by atoms with Gasteiger partial charge < -0.3 is 16.2 Å². The third-order valence-electron chi connectivity index (χ3n) is 1.27. The molecule has 1 rings (SSSR count). The highest BCUT2D eigenvalue weighted by Gasteiger charge is 2.32. The molecule has 78 valence electrons. The molecule has 0 radical (unpaired) electrons. The summed E-state index contributed by atoms with van der Waals surface area (Å²) in [7, 11) is 0. The Balaban J connectivity index is 3.06. The normalized spacial score (nSPS) is 11.4. The first-order valence-corrected chi connectivity index (χ1v) is 4.06. The number of pyridine rings is 1. The highest BCUT2D eigenvalue weighted by Crippen LogP contribution is 2.35. The van der Waals surface area contributed by atoms with Gasteiger partial charge in [-0.15, -0.1) is 13.2 Å². The molecule has 0 spiro atoms. The van der Waals surface area contributed by atoms with Gasteiger partial charge in [0.2, 0.25) is 0 Å². The van der Waals surface area contributed by atoms with Crippen LogP contribution in [0.15, 0.2) is 10.7 Å². The van der Waals surface area contributed by atoms with Crippen molar-refractivity contribution in [2.24, 2.45) is 0 Å². The topological polar surface area (TPSA) is 74.2 Å². The quantitative estimate of drug-likeness (QED) is 0.818. The molecular formula is C6H5BrF3N3O. The summed E-state index contributed by atoms with van der Waals surface area (Å²) in [4.78, 5) is 3.45. The van der Waals surface area contributed by atoms with Gasteiger partial charge in [0, 0.05) is 0 Å². The van der Waals surface area contributed by atoms with Crippen molar-refractivity contribution >= 4 is 27.4 Å². The fourth-order valence-corrected chi connectivity index (χ4v) is 1.00. The molecule has 0 atom stereocenters. The smallest absolute Gasteiger partial charge is 0.402 e. The van der Waals surface area contributed by atoms with E-state index in [1.165, 1.54) is 0 Å². The van der Waals surface area contributed by atoms with Crippen LogP contribution >= 0.6 is 15.9 Å². The van der Waals surface area contributed by atoms with E-state index >= 15 is 0 Å². The van der Waals surface area contributed by atoms with Crippen LogP contribution in [0.25, 0.3) is 0 Å². The Labute approximate surface area is 85.2 Å². The van der Waals surface area contributed by atoms with Crippen molar-refractivity contribution < 1.29 is 17.9 Å². The summed E-state index contributed by atoms with van der Waals surface area (Å²) >= 11 is 2.88. The Hall–Kier alpha value is -1.18. The predicted octanol–water partition coefficient (Wildman–Crippen LogP) is 1.91. The lowest BCUT2D eigenvalue weighted by molar-refractivity contribution is -0.274. The van der Waals surface area contributed by atoms with Crippen LogP contribution < -0.4 is 16.2 Å². The van der Waals surface area contributed by atoms with Gasteiger partial charge in [-0.05, 0) is 15.9 Å². The number of alkyl halides is 3. The minimum atomic E-state index is -4.80. The maximum atomic E-state index is 11.8. The van der Waals surface area contributed by atoms with Crippen molar-refractivity contribution in [2.45, 2.75) is 6.36 Å². The molecule has 0 bridgehead atoms. The number of aromatic nitrogens is 1. The van der Waals surface area contributed by atoms with Gasteiger partial charge in [-0.2, -0.15) is 0 Å². The van der Waals surface area contributed by atoms with E-state index in [1.807, 2.05) is 0 Å². The molecule has 0 aliphatic rings. The van der Waals surface area contributed by atoms with Gasteiger partial charge in [-0.25, -0.2) is 4.98 Å². The van der Waals surface area contributed by atoms with E-state index in [4.69, 9.17) is 11.5 Å². The first-order chi connectivity index (χ1) is 6.31. The van der Waals surface area contributed by atoms with Crippen molar-refractivity contribution in [2.75, 3.05) is 11.5 Å². The second-order valence-corrected chi connectivity index (χ2v) is 3.08. The molecule has 0 amide bonds. The number of ether oxygens (including phenoxy) is 1. The fourth-order valence-electron chi connectivity index (χ4n) is 0.707. The Morgan fingerprint density at radius 2 is 1.93 bits per heavy atom. The lowest BCUT2D eigenvalue weighted by atomic mass is 10.4. The Morgan fingerprint density at radius 3 is 2.43 bits per heavy atom. The molecule has 0 saturated carbocycles. The molecule has 0 unspecified atom stereocenters. The van der Waals surface area contributed by atoms with Crippen LogP contribution in [0, 0.1) is 0 Å². The van der Waals surface area contributed by atoms with Gasteiger partial charge in [0.05, 0.1) is 16.4 Å². The molecule has 0 aliphatic heterocycles. The minimum absolute atomic E-state index is 0.00276. The zero-order chi connectivity index (χ0) is 10.9. The van der Waals surface area contributed by atoms with Crippen LogP contribution in [0.3, 0.4) is 0 Å². The van der Waals surface area contributed by atoms with Crippen LogP contribution in [-0.2, 0) is 0 Å². The van der Waals surface area contributed by atoms with Crippen molar-refractivity contribution in [1.82, 2.24) is 4.98 Å². The molecule has 0 aliphatic carbocycles. The molecule has 14 heavy (non-hydrogen) atoms. The molecule has 4 nitrogen and oxygen atoms in total. The molecule has 8 heteroatoms. The first kappa shape index (κ1) is 10.9. The van der Waals surface area contributed by atoms with Crippen molar-refractivity contribution in [3.8, 4) is 5.75 Å². The van der Waals surface area contributed by atoms with Crippen LogP contribution in [0.1, 0.15) is 0 Å². The summed E-state index contributed by atoms with van der Waals surface area (Å²) < 4.78 is 39.1. The van der Waals surface area contributed by atoms with E-state index in [0.29, 0.717) is 0 Å². The molecular weight excluding hydrogens is 267 g/mol. The Morgan fingerprint density at radius 1 is 1.36 bits per heavy atom. The van der Waals surface area contributed by atoms with Crippen LogP contribution in [-0.4, -0.2) is 11.3 Å². The maximum absolute atomic E-state index is 11.8. The molecule has 0 fully saturated rings. The fraction of sp³-hybridized carbons (Fsp3) is 0.167. The number of halogens is 4. The third-order valence-corrected chi connectivity index (χ3v) is 2.11. The van der Waals surface area contributed by atoms with Gasteiger partial charge in [-0.1, -0.05) is 0 Å². The molecule has 1 aromatic heterocycles. The molecule has 0 saturated heterocycles. The average molecular weight is 272 g/mol. The van der Waals surface area contributed by atoms with Crippen LogP contribution in [0.5, 0.6) is 5.75 Å². The van der Waals surface area contributed by atoms with Crippen molar-refractivity contribution in [1.29, 1.82) is 0 Å². The van der Waals surface area contributed by atoms with E-state index in [0.717, 1.165) is 6.20 Å². The average Bonchev–Trinajstić information content (AvgIpc) is 2.04. The van der Waals surface area contributed by atoms with Crippen LogP contribution in [0.2, 0.25) is 0 Å². The van der Waals surface area contributed by atoms with E-state index in [-0.39, 0.29) is 16.0 Å². The summed E-state index contributed by atoms with van der Waals surface area (Å²) in [6, 6.07) is 0. The number of nitrogens with zero attached hydrogens (tertiary/aromatic N) is 1. The molecule has 0 aromatic carbocycles. The minimum Gasteiger partial charge on any atom is -0.402 e. The number of hydrogen-bond acceptors (Lipinski definition) is 4. The number of rotatable bonds is 1. The monoisotopic (exact) mass is 271 g/mol. The summed E-state index contributed by atoms with van der Waals surface area (Å²) in [5.41, 5.74) is 10.3. The summed E-state index contributed by atoms with van der Waals surface area (Å²) in [6.07, 6.45) is -3.99. The van der Waals surface area contributed by atoms with Crippen molar-refractivity contribution in [3.05, 3.63) is 10.7 Å². The van der Waals surface area contributed by atoms with E-state index in [9.17, 15) is 13.2 Å². The van der Waals surface area contributed by atoms with Gasteiger partial charge in [0.1, 0.15) is 5.82 Å². The van der Waals surface area contributed by atoms with Crippen LogP contribution in [0.4, 0.5) is 24.7 Å². The SMILES string of the molecule is Nc1ncc(OC(F)(F)F)c(N)c1Br. The van der Waals surface area contributed by atoms with E-state index in [2.05, 4.69) is 25.7 Å². The largest absolute Gasteiger partial charge is 0.573 e. The second-order valence-electron chi connectivity index (χ2n) is 2.28. The zero-order valence-electron chi connectivity index (χ0n) is 6.60. The number of hydrogen-bond donors (Lipinski definition) is 2. The Kier molecular flexibility index (Phi) is 2.74. The highest BCUT2D eigenvalue weighted by atomic mass is 79.9. The maximum Gasteiger partial charge on any atom is 0.573 e. The van der Waals surface area contributed by atoms with Gasteiger partial charge in [0.25, 0.3) is 0 Å². The predicted molar refractivity (Wildman–Crippen MR) is 47.4 cm³/mol. The first-order valence-electron chi connectivity index (χ1n) is 3.26. The van der Waals surface area contributed by atoms with E-state index in [1.54, 1.807) is 0 Å². The van der Waals surface area contributed by atoms with Gasteiger partial charge in [0.15, 0.2) is 5.75 Å². The number of anilines is 2. The highest BCUT2D eigenvalue weighted by molar-refractivity contribution is 9.10. The third kappa shape index (κ3) is 2.41. The lowest BCUT2D eigenvalue weighted by Gasteiger charge is -2.11. The molecule has 4 N–H and O–H groups in total. The van der Waals surface area contributed by atoms with Crippen molar-refractivity contribution in [3.63, 3.8) is 0 Å². The zero-order valence-corrected chi connectivity index (χ0v) is 8.19. The lowest BCUT2D eigenvalue weighted by Crippen LogP contribution is -2.18. The standard InChI is InChI=1S/C6H5BrF3N3O/c7-3-4(11)2(1-13-5(3)12)14-6(8,9)10/h1H,(H4,11,12,13). The summed E-state index contributed by atoms with van der Waals surface area (Å²) in [6.45, 7) is 0. The summed E-state index contributed by atoms with van der Waals surface area (Å²) in [5.74, 6) is -0.587. The summed E-state index contributed by atoms with van der Waals surface area (Å²) in [5, 5.41) is 0. The van der Waals surface area contributed by atoms with Gasteiger partial charge >= 0.3 is 6.36 Å².